The van der Waals surface area contributed by atoms with Crippen LogP contribution in [0.1, 0.15) is 78.1 Å². The van der Waals surface area contributed by atoms with E-state index >= 15 is 0 Å². The topological polar surface area (TPSA) is 54.4 Å². The van der Waals surface area contributed by atoms with E-state index in [4.69, 9.17) is 0 Å². The highest BCUT2D eigenvalue weighted by Crippen LogP contribution is 2.50. The van der Waals surface area contributed by atoms with Gasteiger partial charge in [0.1, 0.15) is 0 Å². The Labute approximate surface area is 127 Å². The molecule has 3 nitrogen and oxygen atoms in total. The fourth-order valence-corrected chi connectivity index (χ4v) is 4.29. The van der Waals surface area contributed by atoms with Gasteiger partial charge in [0.2, 0.25) is 0 Å². The molecule has 21 heavy (non-hydrogen) atoms. The number of Topliss-reactive ketones (excluding diaryl/α,β-unsaturated/α-hetero) is 1. The Kier molecular flexibility index (Phi) is 5.23. The standard InChI is InChI=1S/C18H28O3/c1-3-8-13-12-15(16(19)14(13)9-4-2)18(17(20)21)10-6-5-7-11-18/h15H,3-12H2,1-2H3,(H,20,21). The van der Waals surface area contributed by atoms with Crippen LogP contribution in [-0.4, -0.2) is 16.9 Å². The van der Waals surface area contributed by atoms with E-state index in [0.29, 0.717) is 19.3 Å². The highest BCUT2D eigenvalue weighted by Gasteiger charge is 2.52. The molecule has 1 saturated carbocycles. The fraction of sp³-hybridized carbons (Fsp3) is 0.778. The Bertz CT molecular complexity index is 441. The van der Waals surface area contributed by atoms with Gasteiger partial charge in [-0.25, -0.2) is 0 Å². The molecule has 118 valence electrons. The first-order valence-corrected chi connectivity index (χ1v) is 8.55. The maximum absolute atomic E-state index is 12.9. The average Bonchev–Trinajstić information content (AvgIpc) is 2.78. The molecule has 0 spiro atoms. The van der Waals surface area contributed by atoms with E-state index in [9.17, 15) is 14.7 Å². The highest BCUT2D eigenvalue weighted by atomic mass is 16.4. The third kappa shape index (κ3) is 2.93. The van der Waals surface area contributed by atoms with Crippen LogP contribution in [0.2, 0.25) is 0 Å². The molecule has 0 aromatic carbocycles. The van der Waals surface area contributed by atoms with Crippen LogP contribution >= 0.6 is 0 Å². The summed E-state index contributed by atoms with van der Waals surface area (Å²) in [6.07, 6.45) is 8.82. The van der Waals surface area contributed by atoms with Gasteiger partial charge in [0.05, 0.1) is 5.41 Å². The van der Waals surface area contributed by atoms with Gasteiger partial charge in [-0.3, -0.25) is 9.59 Å². The molecule has 0 aromatic rings. The Hall–Kier alpha value is -1.12. The lowest BCUT2D eigenvalue weighted by Crippen LogP contribution is -2.43. The van der Waals surface area contributed by atoms with Gasteiger partial charge in [-0.1, -0.05) is 51.5 Å². The second-order valence-electron chi connectivity index (χ2n) is 6.73. The number of rotatable bonds is 6. The number of carboxylic acids is 1. The maximum Gasteiger partial charge on any atom is 0.310 e. The number of hydrogen-bond acceptors (Lipinski definition) is 2. The van der Waals surface area contributed by atoms with Crippen LogP contribution in [0.4, 0.5) is 0 Å². The summed E-state index contributed by atoms with van der Waals surface area (Å²) in [7, 11) is 0. The van der Waals surface area contributed by atoms with Crippen LogP contribution in [0.5, 0.6) is 0 Å². The quantitative estimate of drug-likeness (QED) is 0.783. The predicted molar refractivity (Wildman–Crippen MR) is 83.1 cm³/mol. The highest BCUT2D eigenvalue weighted by molar-refractivity contribution is 6.03. The molecule has 1 atom stereocenters. The van der Waals surface area contributed by atoms with E-state index in [1.165, 1.54) is 5.57 Å². The summed E-state index contributed by atoms with van der Waals surface area (Å²) in [5.74, 6) is -0.878. The molecule has 0 amide bonds. The zero-order chi connectivity index (χ0) is 15.5. The van der Waals surface area contributed by atoms with E-state index in [-0.39, 0.29) is 11.7 Å². The minimum absolute atomic E-state index is 0.157. The third-order valence-corrected chi connectivity index (χ3v) is 5.38. The van der Waals surface area contributed by atoms with Gasteiger partial charge in [-0.05, 0) is 37.7 Å². The van der Waals surface area contributed by atoms with Crippen LogP contribution in [0, 0.1) is 11.3 Å². The van der Waals surface area contributed by atoms with Gasteiger partial charge in [-0.2, -0.15) is 0 Å². The van der Waals surface area contributed by atoms with Gasteiger partial charge in [0, 0.05) is 5.92 Å². The Balaban J connectivity index is 2.29. The summed E-state index contributed by atoms with van der Waals surface area (Å²) in [5, 5.41) is 9.83. The van der Waals surface area contributed by atoms with Crippen molar-refractivity contribution in [2.24, 2.45) is 11.3 Å². The Morgan fingerprint density at radius 1 is 1.14 bits per heavy atom. The summed E-state index contributed by atoms with van der Waals surface area (Å²) in [6, 6.07) is 0. The second-order valence-corrected chi connectivity index (χ2v) is 6.73. The molecule has 1 unspecified atom stereocenters. The molecule has 0 aromatic heterocycles. The van der Waals surface area contributed by atoms with Crippen molar-refractivity contribution in [2.45, 2.75) is 78.1 Å². The molecule has 0 radical (unpaired) electrons. The second kappa shape index (κ2) is 6.76. The van der Waals surface area contributed by atoms with Crippen LogP contribution in [-0.2, 0) is 9.59 Å². The van der Waals surface area contributed by atoms with Crippen molar-refractivity contribution >= 4 is 11.8 Å². The number of allylic oxidation sites excluding steroid dienone is 2. The lowest BCUT2D eigenvalue weighted by atomic mass is 9.64. The van der Waals surface area contributed by atoms with E-state index in [0.717, 1.165) is 50.5 Å². The van der Waals surface area contributed by atoms with Crippen molar-refractivity contribution in [1.82, 2.24) is 0 Å². The largest absolute Gasteiger partial charge is 0.481 e. The number of ketones is 1. The van der Waals surface area contributed by atoms with E-state index in [1.54, 1.807) is 0 Å². The normalized spacial score (nSPS) is 25.4. The SMILES string of the molecule is CCCC1=C(CCC)C(=O)C(C2(C(=O)O)CCCCC2)C1. The lowest BCUT2D eigenvalue weighted by molar-refractivity contribution is -0.158. The van der Waals surface area contributed by atoms with Gasteiger partial charge < -0.3 is 5.11 Å². The van der Waals surface area contributed by atoms with Gasteiger partial charge in [-0.15, -0.1) is 0 Å². The molecule has 1 fully saturated rings. The summed E-state index contributed by atoms with van der Waals surface area (Å²) in [5.41, 5.74) is 1.43. The monoisotopic (exact) mass is 292 g/mol. The van der Waals surface area contributed by atoms with Crippen molar-refractivity contribution in [3.63, 3.8) is 0 Å². The van der Waals surface area contributed by atoms with Crippen LogP contribution in [0.3, 0.4) is 0 Å². The molecule has 0 aliphatic heterocycles. The first-order chi connectivity index (χ1) is 10.1. The zero-order valence-electron chi connectivity index (χ0n) is 13.4. The van der Waals surface area contributed by atoms with Crippen molar-refractivity contribution in [3.8, 4) is 0 Å². The van der Waals surface area contributed by atoms with Gasteiger partial charge in [0.15, 0.2) is 5.78 Å². The minimum atomic E-state index is -0.788. The molecule has 0 heterocycles. The summed E-state index contributed by atoms with van der Waals surface area (Å²) < 4.78 is 0. The fourth-order valence-electron chi connectivity index (χ4n) is 4.29. The van der Waals surface area contributed by atoms with Gasteiger partial charge in [0.25, 0.3) is 0 Å². The van der Waals surface area contributed by atoms with E-state index in [1.807, 2.05) is 0 Å². The molecule has 2 aliphatic rings. The van der Waals surface area contributed by atoms with Crippen molar-refractivity contribution in [2.75, 3.05) is 0 Å². The smallest absolute Gasteiger partial charge is 0.310 e. The third-order valence-electron chi connectivity index (χ3n) is 5.38. The number of hydrogen-bond donors (Lipinski definition) is 1. The predicted octanol–water partition coefficient (Wildman–Crippen LogP) is 4.51. The first-order valence-electron chi connectivity index (χ1n) is 8.55. The molecule has 1 N–H and O–H groups in total. The molecule has 2 rings (SSSR count). The van der Waals surface area contributed by atoms with Crippen molar-refractivity contribution in [1.29, 1.82) is 0 Å². The first kappa shape index (κ1) is 16.3. The van der Waals surface area contributed by atoms with Crippen molar-refractivity contribution < 1.29 is 14.7 Å². The van der Waals surface area contributed by atoms with Crippen molar-refractivity contribution in [3.05, 3.63) is 11.1 Å². The summed E-state index contributed by atoms with van der Waals surface area (Å²) in [4.78, 5) is 24.8. The van der Waals surface area contributed by atoms with Crippen LogP contribution in [0.15, 0.2) is 11.1 Å². The number of carbonyl (C=O) groups is 2. The lowest BCUT2D eigenvalue weighted by Gasteiger charge is -2.37. The van der Waals surface area contributed by atoms with E-state index in [2.05, 4.69) is 13.8 Å². The van der Waals surface area contributed by atoms with Crippen LogP contribution in [0.25, 0.3) is 0 Å². The number of carboxylic acid groups (broad SMARTS) is 1. The Morgan fingerprint density at radius 3 is 2.29 bits per heavy atom. The van der Waals surface area contributed by atoms with Gasteiger partial charge >= 0.3 is 5.97 Å². The molecule has 0 bridgehead atoms. The molecular formula is C18H28O3. The number of carbonyl (C=O) groups excluding carboxylic acids is 1. The minimum Gasteiger partial charge on any atom is -0.481 e. The summed E-state index contributed by atoms with van der Waals surface area (Å²) >= 11 is 0. The van der Waals surface area contributed by atoms with Crippen LogP contribution < -0.4 is 0 Å². The summed E-state index contributed by atoms with van der Waals surface area (Å²) in [6.45, 7) is 4.21. The van der Waals surface area contributed by atoms with E-state index < -0.39 is 11.4 Å². The number of aliphatic carboxylic acids is 1. The molecular weight excluding hydrogens is 264 g/mol. The molecule has 0 saturated heterocycles. The molecule has 2 aliphatic carbocycles. The maximum atomic E-state index is 12.9. The average molecular weight is 292 g/mol. The zero-order valence-corrected chi connectivity index (χ0v) is 13.4. The Morgan fingerprint density at radius 2 is 1.76 bits per heavy atom. The molecule has 3 heteroatoms.